The van der Waals surface area contributed by atoms with Crippen LogP contribution in [0.1, 0.15) is 17.4 Å². The smallest absolute Gasteiger partial charge is 0.277 e. The third kappa shape index (κ3) is 2.43. The fourth-order valence-corrected chi connectivity index (χ4v) is 1.71. The van der Waals surface area contributed by atoms with E-state index < -0.39 is 0 Å². The maximum Gasteiger partial charge on any atom is 0.277 e. The zero-order valence-electron chi connectivity index (χ0n) is 9.72. The van der Waals surface area contributed by atoms with Gasteiger partial charge in [0, 0.05) is 6.54 Å². The molecule has 3 N–H and O–H groups in total. The number of amides is 1. The van der Waals surface area contributed by atoms with Crippen LogP contribution in [0.2, 0.25) is 5.15 Å². The highest BCUT2D eigenvalue weighted by molar-refractivity contribution is 6.29. The summed E-state index contributed by atoms with van der Waals surface area (Å²) in [5.74, 6) is 0.0115. The predicted octanol–water partition coefficient (Wildman–Crippen LogP) is 1.79. The van der Waals surface area contributed by atoms with Gasteiger partial charge < -0.3 is 11.1 Å². The first-order valence-electron chi connectivity index (χ1n) is 5.37. The van der Waals surface area contributed by atoms with Crippen LogP contribution < -0.4 is 11.1 Å². The summed E-state index contributed by atoms with van der Waals surface area (Å²) >= 11 is 5.74. The number of hydrogen-bond donors (Lipinski definition) is 2. The van der Waals surface area contributed by atoms with Gasteiger partial charge in [0.15, 0.2) is 0 Å². The van der Waals surface area contributed by atoms with Gasteiger partial charge in [-0.1, -0.05) is 17.7 Å². The number of nitrogens with zero attached hydrogens (tertiary/aromatic N) is 3. The molecule has 0 saturated heterocycles. The lowest BCUT2D eigenvalue weighted by atomic mass is 10.3. The van der Waals surface area contributed by atoms with Gasteiger partial charge in [-0.2, -0.15) is 5.10 Å². The number of nitrogen functional groups attached to an aromatic ring is 1. The number of halogens is 1. The van der Waals surface area contributed by atoms with Crippen molar-refractivity contribution in [3.63, 3.8) is 0 Å². The van der Waals surface area contributed by atoms with Crippen molar-refractivity contribution in [1.82, 2.24) is 14.8 Å². The molecule has 18 heavy (non-hydrogen) atoms. The molecular formula is C11H12ClN5O. The monoisotopic (exact) mass is 265 g/mol. The summed E-state index contributed by atoms with van der Waals surface area (Å²) in [6.45, 7) is 2.43. The minimum atomic E-state index is -0.360. The number of nitrogens with two attached hydrogens (primary N) is 1. The van der Waals surface area contributed by atoms with Crippen molar-refractivity contribution < 1.29 is 4.79 Å². The molecule has 7 heteroatoms. The lowest BCUT2D eigenvalue weighted by Crippen LogP contribution is -2.19. The Hall–Kier alpha value is -2.08. The van der Waals surface area contributed by atoms with Gasteiger partial charge in [-0.3, -0.25) is 9.48 Å². The Balaban J connectivity index is 2.24. The van der Waals surface area contributed by atoms with Gasteiger partial charge in [0.1, 0.15) is 16.7 Å². The zero-order valence-corrected chi connectivity index (χ0v) is 10.5. The second kappa shape index (κ2) is 5.05. The summed E-state index contributed by atoms with van der Waals surface area (Å²) in [5, 5.41) is 6.93. The minimum absolute atomic E-state index is 0.310. The molecule has 0 aliphatic carbocycles. The normalized spacial score (nSPS) is 10.3. The van der Waals surface area contributed by atoms with Crippen molar-refractivity contribution >= 4 is 29.0 Å². The molecule has 0 fully saturated rings. The second-order valence-electron chi connectivity index (χ2n) is 3.56. The second-order valence-corrected chi connectivity index (χ2v) is 3.95. The molecule has 0 aliphatic heterocycles. The number of carbonyl (C=O) groups is 1. The molecule has 6 nitrogen and oxygen atoms in total. The highest BCUT2D eigenvalue weighted by atomic mass is 35.5. The third-order valence-corrected chi connectivity index (χ3v) is 2.55. The van der Waals surface area contributed by atoms with E-state index in [1.165, 1.54) is 10.9 Å². The largest absolute Gasteiger partial charge is 0.396 e. The number of rotatable bonds is 3. The number of nitrogens with one attached hydrogen (secondary N) is 1. The van der Waals surface area contributed by atoms with Crippen molar-refractivity contribution in [2.24, 2.45) is 0 Å². The number of aryl methyl sites for hydroxylation is 1. The average molecular weight is 266 g/mol. The van der Waals surface area contributed by atoms with Gasteiger partial charge in [0.05, 0.1) is 11.9 Å². The summed E-state index contributed by atoms with van der Waals surface area (Å²) in [6.07, 6.45) is 1.45. The van der Waals surface area contributed by atoms with Gasteiger partial charge in [0.2, 0.25) is 0 Å². The highest BCUT2D eigenvalue weighted by Gasteiger charge is 2.16. The lowest BCUT2D eigenvalue weighted by Gasteiger charge is -2.07. The number of carbonyl (C=O) groups excluding carboxylic acids is 1. The zero-order chi connectivity index (χ0) is 13.1. The van der Waals surface area contributed by atoms with Crippen molar-refractivity contribution in [2.75, 3.05) is 11.1 Å². The Kier molecular flexibility index (Phi) is 3.47. The molecule has 2 heterocycles. The van der Waals surface area contributed by atoms with E-state index in [1.807, 2.05) is 6.92 Å². The molecule has 0 unspecified atom stereocenters. The van der Waals surface area contributed by atoms with Crippen LogP contribution in [0, 0.1) is 0 Å². The van der Waals surface area contributed by atoms with Crippen LogP contribution in [-0.2, 0) is 6.54 Å². The molecule has 0 radical (unpaired) electrons. The average Bonchev–Trinajstić information content (AvgIpc) is 2.70. The molecule has 0 saturated carbocycles. The number of aromatic nitrogens is 3. The molecule has 0 aromatic carbocycles. The number of pyridine rings is 1. The number of anilines is 2. The first-order chi connectivity index (χ1) is 8.61. The molecule has 2 rings (SSSR count). The van der Waals surface area contributed by atoms with Gasteiger partial charge in [-0.15, -0.1) is 0 Å². The molecule has 0 spiro atoms. The first kappa shape index (κ1) is 12.4. The Morgan fingerprint density at radius 1 is 1.56 bits per heavy atom. The summed E-state index contributed by atoms with van der Waals surface area (Å²) in [6, 6.07) is 4.97. The Labute approximate surface area is 109 Å². The maximum atomic E-state index is 12.1. The van der Waals surface area contributed by atoms with Crippen LogP contribution in [0.15, 0.2) is 24.4 Å². The summed E-state index contributed by atoms with van der Waals surface area (Å²) in [4.78, 5) is 16.0. The van der Waals surface area contributed by atoms with Crippen LogP contribution in [-0.4, -0.2) is 20.7 Å². The van der Waals surface area contributed by atoms with E-state index in [4.69, 9.17) is 17.3 Å². The van der Waals surface area contributed by atoms with E-state index in [2.05, 4.69) is 15.4 Å². The van der Waals surface area contributed by atoms with Crippen LogP contribution in [0.3, 0.4) is 0 Å². The van der Waals surface area contributed by atoms with E-state index in [-0.39, 0.29) is 5.91 Å². The van der Waals surface area contributed by atoms with E-state index in [0.29, 0.717) is 28.9 Å². The fourth-order valence-electron chi connectivity index (χ4n) is 1.54. The minimum Gasteiger partial charge on any atom is -0.396 e. The SMILES string of the molecule is CCn1ncc(N)c1C(=O)Nc1cccc(Cl)n1. The van der Waals surface area contributed by atoms with Gasteiger partial charge in [-0.25, -0.2) is 4.98 Å². The Morgan fingerprint density at radius 3 is 3.00 bits per heavy atom. The fraction of sp³-hybridized carbons (Fsp3) is 0.182. The summed E-state index contributed by atoms with van der Waals surface area (Å²) < 4.78 is 1.52. The maximum absolute atomic E-state index is 12.1. The van der Waals surface area contributed by atoms with Gasteiger partial charge >= 0.3 is 0 Å². The molecule has 0 aliphatic rings. The predicted molar refractivity (Wildman–Crippen MR) is 69.5 cm³/mol. The van der Waals surface area contributed by atoms with Crippen LogP contribution >= 0.6 is 11.6 Å². The van der Waals surface area contributed by atoms with Crippen molar-refractivity contribution in [2.45, 2.75) is 13.5 Å². The molecule has 2 aromatic rings. The molecule has 1 amide bonds. The molecular weight excluding hydrogens is 254 g/mol. The molecule has 94 valence electrons. The van der Waals surface area contributed by atoms with Crippen LogP contribution in [0.4, 0.5) is 11.5 Å². The van der Waals surface area contributed by atoms with E-state index >= 15 is 0 Å². The summed E-state index contributed by atoms with van der Waals surface area (Å²) in [5.41, 5.74) is 6.36. The van der Waals surface area contributed by atoms with Crippen LogP contribution in [0.5, 0.6) is 0 Å². The number of hydrogen-bond acceptors (Lipinski definition) is 4. The molecule has 0 atom stereocenters. The third-order valence-electron chi connectivity index (χ3n) is 2.34. The van der Waals surface area contributed by atoms with E-state index in [0.717, 1.165) is 0 Å². The van der Waals surface area contributed by atoms with Gasteiger partial charge in [-0.05, 0) is 19.1 Å². The quantitative estimate of drug-likeness (QED) is 0.829. The van der Waals surface area contributed by atoms with Crippen molar-refractivity contribution in [1.29, 1.82) is 0 Å². The Bertz CT molecular complexity index is 581. The molecule has 2 aromatic heterocycles. The van der Waals surface area contributed by atoms with Crippen LogP contribution in [0.25, 0.3) is 0 Å². The summed E-state index contributed by atoms with van der Waals surface area (Å²) in [7, 11) is 0. The standard InChI is InChI=1S/C11H12ClN5O/c1-2-17-10(7(13)6-14-17)11(18)16-9-5-3-4-8(12)15-9/h3-6H,2,13H2,1H3,(H,15,16,18). The first-order valence-corrected chi connectivity index (χ1v) is 5.74. The van der Waals surface area contributed by atoms with Crippen molar-refractivity contribution in [3.8, 4) is 0 Å². The van der Waals surface area contributed by atoms with E-state index in [9.17, 15) is 4.79 Å². The highest BCUT2D eigenvalue weighted by Crippen LogP contribution is 2.14. The molecule has 0 bridgehead atoms. The topological polar surface area (TPSA) is 85.8 Å². The van der Waals surface area contributed by atoms with E-state index in [1.54, 1.807) is 18.2 Å². The van der Waals surface area contributed by atoms with Crippen molar-refractivity contribution in [3.05, 3.63) is 35.2 Å². The van der Waals surface area contributed by atoms with Gasteiger partial charge in [0.25, 0.3) is 5.91 Å². The Morgan fingerprint density at radius 2 is 2.33 bits per heavy atom. The lowest BCUT2D eigenvalue weighted by molar-refractivity contribution is 0.101.